The van der Waals surface area contributed by atoms with Crippen LogP contribution in [-0.4, -0.2) is 11.1 Å². The molecule has 0 saturated heterocycles. The Morgan fingerprint density at radius 3 is 1.94 bits per heavy atom. The van der Waals surface area contributed by atoms with Crippen molar-refractivity contribution >= 4 is 5.97 Å². The zero-order valence-electron chi connectivity index (χ0n) is 10.7. The van der Waals surface area contributed by atoms with Crippen molar-refractivity contribution in [1.82, 2.24) is 0 Å². The van der Waals surface area contributed by atoms with Crippen molar-refractivity contribution < 1.29 is 9.90 Å². The number of rotatable bonds is 3. The van der Waals surface area contributed by atoms with Gasteiger partial charge in [-0.05, 0) is 61.9 Å². The summed E-state index contributed by atoms with van der Waals surface area (Å²) >= 11 is 0. The topological polar surface area (TPSA) is 37.3 Å². The molecule has 16 heavy (non-hydrogen) atoms. The summed E-state index contributed by atoms with van der Waals surface area (Å²) in [5.74, 6) is -1.10. The van der Waals surface area contributed by atoms with E-state index in [0.29, 0.717) is 6.42 Å². The summed E-state index contributed by atoms with van der Waals surface area (Å²) in [5, 5.41) is 9.26. The average Bonchev–Trinajstić information content (AvgIpc) is 2.21. The molecule has 0 aliphatic heterocycles. The van der Waals surface area contributed by atoms with Gasteiger partial charge in [-0.1, -0.05) is 13.0 Å². The van der Waals surface area contributed by atoms with Crippen LogP contribution in [0.4, 0.5) is 0 Å². The van der Waals surface area contributed by atoms with E-state index in [4.69, 9.17) is 0 Å². The van der Waals surface area contributed by atoms with Crippen molar-refractivity contribution in [3.8, 4) is 0 Å². The Kier molecular flexibility index (Phi) is 3.74. The Morgan fingerprint density at radius 1 is 1.19 bits per heavy atom. The molecule has 88 valence electrons. The normalized spacial score (nSPS) is 12.6. The largest absolute Gasteiger partial charge is 0.481 e. The van der Waals surface area contributed by atoms with E-state index in [0.717, 1.165) is 16.7 Å². The number of benzene rings is 1. The van der Waals surface area contributed by atoms with Crippen molar-refractivity contribution in [2.24, 2.45) is 0 Å². The molecule has 0 saturated carbocycles. The number of carboxylic acid groups (broad SMARTS) is 1. The van der Waals surface area contributed by atoms with Gasteiger partial charge in [0, 0.05) is 0 Å². The maximum absolute atomic E-state index is 11.3. The van der Waals surface area contributed by atoms with Crippen LogP contribution in [0.2, 0.25) is 0 Å². The molecule has 0 bridgehead atoms. The molecule has 1 aromatic rings. The van der Waals surface area contributed by atoms with E-state index in [9.17, 15) is 9.90 Å². The van der Waals surface area contributed by atoms with Crippen LogP contribution in [0.5, 0.6) is 0 Å². The predicted molar refractivity (Wildman–Crippen MR) is 66.1 cm³/mol. The van der Waals surface area contributed by atoms with Crippen molar-refractivity contribution in [3.63, 3.8) is 0 Å². The van der Waals surface area contributed by atoms with Crippen molar-refractivity contribution in [2.75, 3.05) is 0 Å². The Labute approximate surface area is 97.3 Å². The van der Waals surface area contributed by atoms with Crippen LogP contribution >= 0.6 is 0 Å². The van der Waals surface area contributed by atoms with E-state index in [2.05, 4.69) is 6.07 Å². The molecular formula is C14H20O2. The molecule has 0 aromatic heterocycles. The molecule has 1 rings (SSSR count). The van der Waals surface area contributed by atoms with Crippen molar-refractivity contribution in [1.29, 1.82) is 0 Å². The third kappa shape index (κ3) is 2.11. The highest BCUT2D eigenvalue weighted by Gasteiger charge is 2.22. The number of hydrogen-bond donors (Lipinski definition) is 1. The summed E-state index contributed by atoms with van der Waals surface area (Å²) in [5.41, 5.74) is 5.61. The Hall–Kier alpha value is -1.31. The lowest BCUT2D eigenvalue weighted by Gasteiger charge is -2.20. The molecule has 0 spiro atoms. The predicted octanol–water partition coefficient (Wildman–Crippen LogP) is 3.50. The highest BCUT2D eigenvalue weighted by Crippen LogP contribution is 2.30. The second kappa shape index (κ2) is 4.69. The lowest BCUT2D eigenvalue weighted by atomic mass is 9.85. The van der Waals surface area contributed by atoms with E-state index in [1.54, 1.807) is 0 Å². The molecule has 2 heteroatoms. The van der Waals surface area contributed by atoms with Gasteiger partial charge in [0.25, 0.3) is 0 Å². The maximum Gasteiger partial charge on any atom is 0.310 e. The fraction of sp³-hybridized carbons (Fsp3) is 0.500. The van der Waals surface area contributed by atoms with Crippen LogP contribution in [-0.2, 0) is 4.79 Å². The third-order valence-electron chi connectivity index (χ3n) is 3.48. The van der Waals surface area contributed by atoms with Crippen LogP contribution in [0.1, 0.15) is 47.1 Å². The minimum atomic E-state index is -0.723. The SMILES string of the molecule is CCC(C(=O)O)c1c(C)c(C)cc(C)c1C. The molecule has 0 aliphatic rings. The summed E-state index contributed by atoms with van der Waals surface area (Å²) in [6.45, 7) is 10.0. The number of aliphatic carboxylic acids is 1. The number of aryl methyl sites for hydroxylation is 2. The molecule has 0 heterocycles. The van der Waals surface area contributed by atoms with Crippen LogP contribution in [0.15, 0.2) is 6.07 Å². The highest BCUT2D eigenvalue weighted by molar-refractivity contribution is 5.77. The Balaban J connectivity index is 3.47. The molecule has 0 fully saturated rings. The number of carboxylic acids is 1. The smallest absolute Gasteiger partial charge is 0.310 e. The first kappa shape index (κ1) is 12.8. The molecular weight excluding hydrogens is 200 g/mol. The Morgan fingerprint density at radius 2 is 1.62 bits per heavy atom. The second-order valence-corrected chi connectivity index (χ2v) is 4.47. The van der Waals surface area contributed by atoms with Crippen LogP contribution < -0.4 is 0 Å². The first-order valence-corrected chi connectivity index (χ1v) is 5.70. The average molecular weight is 220 g/mol. The van der Waals surface area contributed by atoms with Gasteiger partial charge in [-0.15, -0.1) is 0 Å². The van der Waals surface area contributed by atoms with Gasteiger partial charge >= 0.3 is 5.97 Å². The van der Waals surface area contributed by atoms with Crippen LogP contribution in [0.25, 0.3) is 0 Å². The standard InChI is InChI=1S/C14H20O2/c1-6-12(14(15)16)13-10(4)8(2)7-9(3)11(13)5/h7,12H,6H2,1-5H3,(H,15,16). The molecule has 1 N–H and O–H groups in total. The van der Waals surface area contributed by atoms with Crippen LogP contribution in [0, 0.1) is 27.7 Å². The first-order valence-electron chi connectivity index (χ1n) is 5.70. The van der Waals surface area contributed by atoms with E-state index < -0.39 is 5.97 Å². The zero-order chi connectivity index (χ0) is 12.5. The first-order chi connectivity index (χ1) is 7.40. The van der Waals surface area contributed by atoms with Gasteiger partial charge in [-0.25, -0.2) is 0 Å². The van der Waals surface area contributed by atoms with Gasteiger partial charge in [0.2, 0.25) is 0 Å². The molecule has 0 amide bonds. The fourth-order valence-corrected chi connectivity index (χ4v) is 2.27. The summed E-state index contributed by atoms with van der Waals surface area (Å²) in [4.78, 5) is 11.3. The van der Waals surface area contributed by atoms with Gasteiger partial charge in [0.15, 0.2) is 0 Å². The quantitative estimate of drug-likeness (QED) is 0.846. The molecule has 0 radical (unpaired) electrons. The van der Waals surface area contributed by atoms with Gasteiger partial charge in [-0.2, -0.15) is 0 Å². The second-order valence-electron chi connectivity index (χ2n) is 4.47. The zero-order valence-corrected chi connectivity index (χ0v) is 10.7. The minimum absolute atomic E-state index is 0.376. The minimum Gasteiger partial charge on any atom is -0.481 e. The lowest BCUT2D eigenvalue weighted by Crippen LogP contribution is -2.14. The third-order valence-corrected chi connectivity index (χ3v) is 3.48. The molecule has 0 aliphatic carbocycles. The van der Waals surface area contributed by atoms with Gasteiger partial charge < -0.3 is 5.11 Å². The highest BCUT2D eigenvalue weighted by atomic mass is 16.4. The lowest BCUT2D eigenvalue weighted by molar-refractivity contribution is -0.138. The molecule has 1 unspecified atom stereocenters. The molecule has 2 nitrogen and oxygen atoms in total. The summed E-state index contributed by atoms with van der Waals surface area (Å²) in [6.07, 6.45) is 0.639. The van der Waals surface area contributed by atoms with Gasteiger partial charge in [0.05, 0.1) is 5.92 Å². The van der Waals surface area contributed by atoms with Gasteiger partial charge in [0.1, 0.15) is 0 Å². The molecule has 1 atom stereocenters. The van der Waals surface area contributed by atoms with E-state index in [1.165, 1.54) is 11.1 Å². The molecule has 1 aromatic carbocycles. The van der Waals surface area contributed by atoms with Crippen LogP contribution in [0.3, 0.4) is 0 Å². The van der Waals surface area contributed by atoms with E-state index in [1.807, 2.05) is 34.6 Å². The summed E-state index contributed by atoms with van der Waals surface area (Å²) < 4.78 is 0. The fourth-order valence-electron chi connectivity index (χ4n) is 2.27. The summed E-state index contributed by atoms with van der Waals surface area (Å²) in [6, 6.07) is 2.13. The van der Waals surface area contributed by atoms with E-state index >= 15 is 0 Å². The number of hydrogen-bond acceptors (Lipinski definition) is 1. The monoisotopic (exact) mass is 220 g/mol. The number of carbonyl (C=O) groups is 1. The Bertz CT molecular complexity index is 393. The summed E-state index contributed by atoms with van der Waals surface area (Å²) in [7, 11) is 0. The van der Waals surface area contributed by atoms with Crippen molar-refractivity contribution in [3.05, 3.63) is 33.9 Å². The van der Waals surface area contributed by atoms with Gasteiger partial charge in [-0.3, -0.25) is 4.79 Å². The van der Waals surface area contributed by atoms with Crippen molar-refractivity contribution in [2.45, 2.75) is 47.0 Å². The maximum atomic E-state index is 11.3. The van der Waals surface area contributed by atoms with E-state index in [-0.39, 0.29) is 5.92 Å².